The van der Waals surface area contributed by atoms with E-state index in [1.165, 1.54) is 12.1 Å². The molecule has 0 bridgehead atoms. The molecule has 10 aromatic rings. The highest BCUT2D eigenvalue weighted by molar-refractivity contribution is 6.13. The molecular weight excluding hydrogens is 821 g/mol. The summed E-state index contributed by atoms with van der Waals surface area (Å²) in [5.41, 5.74) is 4.09. The molecular formula is C53H27F6N5. The van der Waals surface area contributed by atoms with Crippen molar-refractivity contribution in [1.29, 1.82) is 15.8 Å². The van der Waals surface area contributed by atoms with Crippen molar-refractivity contribution in [3.05, 3.63) is 192 Å². The van der Waals surface area contributed by atoms with Crippen molar-refractivity contribution in [3.8, 4) is 63.0 Å². The topological polar surface area (TPSA) is 81.2 Å². The number of nitrogens with zero attached hydrogens (tertiary/aromatic N) is 5. The fourth-order valence-electron chi connectivity index (χ4n) is 8.74. The van der Waals surface area contributed by atoms with Gasteiger partial charge in [-0.15, -0.1) is 0 Å². The molecule has 0 N–H and O–H groups in total. The van der Waals surface area contributed by atoms with Gasteiger partial charge >= 0.3 is 12.4 Å². The van der Waals surface area contributed by atoms with E-state index in [0.29, 0.717) is 51.2 Å². The first kappa shape index (κ1) is 39.5. The van der Waals surface area contributed by atoms with E-state index in [1.807, 2.05) is 106 Å². The van der Waals surface area contributed by atoms with Gasteiger partial charge in [-0.25, -0.2) is 0 Å². The minimum Gasteiger partial charge on any atom is -0.307 e. The van der Waals surface area contributed by atoms with Crippen molar-refractivity contribution < 1.29 is 26.3 Å². The van der Waals surface area contributed by atoms with E-state index in [4.69, 9.17) is 0 Å². The van der Waals surface area contributed by atoms with Gasteiger partial charge in [0.2, 0.25) is 0 Å². The van der Waals surface area contributed by atoms with Crippen LogP contribution in [0.3, 0.4) is 0 Å². The monoisotopic (exact) mass is 847 g/mol. The maximum absolute atomic E-state index is 14.3. The van der Waals surface area contributed by atoms with Gasteiger partial charge in [-0.05, 0) is 119 Å². The summed E-state index contributed by atoms with van der Waals surface area (Å²) in [5.74, 6) is 0. The molecule has 0 fully saturated rings. The Morgan fingerprint density at radius 1 is 0.359 bits per heavy atom. The SMILES string of the molecule is N#Cc1cccc(-c2ccc3c(c2)c2ccccc2n3-c2cc(C#N)c(-c3cc(C(F)(F)F)cc(C(F)(F)F)c3)cc2-n2c3ccccc3c3cc(-c4cccc(C#N)c4)ccc32)c1. The summed E-state index contributed by atoms with van der Waals surface area (Å²) >= 11 is 0. The number of alkyl halides is 6. The van der Waals surface area contributed by atoms with Crippen LogP contribution in [-0.2, 0) is 12.4 Å². The molecule has 306 valence electrons. The average molecular weight is 848 g/mol. The molecule has 8 aromatic carbocycles. The molecule has 0 unspecified atom stereocenters. The lowest BCUT2D eigenvalue weighted by molar-refractivity contribution is -0.143. The second kappa shape index (κ2) is 14.8. The summed E-state index contributed by atoms with van der Waals surface area (Å²) in [5, 5.41) is 33.3. The largest absolute Gasteiger partial charge is 0.416 e. The predicted octanol–water partition coefficient (Wildman–Crippen LogP) is 14.5. The highest BCUT2D eigenvalue weighted by atomic mass is 19.4. The summed E-state index contributed by atoms with van der Waals surface area (Å²) < 4.78 is 89.9. The highest BCUT2D eigenvalue weighted by Gasteiger charge is 2.37. The van der Waals surface area contributed by atoms with E-state index in [0.717, 1.165) is 49.3 Å². The van der Waals surface area contributed by atoms with Gasteiger partial charge in [0.1, 0.15) is 0 Å². The maximum Gasteiger partial charge on any atom is 0.416 e. The first-order valence-electron chi connectivity index (χ1n) is 19.8. The minimum absolute atomic E-state index is 0.0740. The summed E-state index contributed by atoms with van der Waals surface area (Å²) in [6, 6.07) is 52.0. The molecule has 0 radical (unpaired) electrons. The molecule has 64 heavy (non-hydrogen) atoms. The van der Waals surface area contributed by atoms with Crippen molar-refractivity contribution in [3.63, 3.8) is 0 Å². The van der Waals surface area contributed by atoms with Crippen LogP contribution in [0.15, 0.2) is 164 Å². The molecule has 10 rings (SSSR count). The van der Waals surface area contributed by atoms with Crippen LogP contribution >= 0.6 is 0 Å². The van der Waals surface area contributed by atoms with E-state index >= 15 is 0 Å². The minimum atomic E-state index is -5.12. The molecule has 0 spiro atoms. The van der Waals surface area contributed by atoms with Crippen LogP contribution in [0.25, 0.3) is 88.4 Å². The average Bonchev–Trinajstić information content (AvgIpc) is 3.82. The van der Waals surface area contributed by atoms with Crippen molar-refractivity contribution in [2.75, 3.05) is 0 Å². The van der Waals surface area contributed by atoms with Gasteiger partial charge in [0.05, 0.1) is 79.5 Å². The Labute approximate surface area is 360 Å². The van der Waals surface area contributed by atoms with Gasteiger partial charge in [-0.1, -0.05) is 72.8 Å². The van der Waals surface area contributed by atoms with Crippen LogP contribution in [-0.4, -0.2) is 9.13 Å². The molecule has 0 saturated carbocycles. The van der Waals surface area contributed by atoms with Crippen LogP contribution in [0.5, 0.6) is 0 Å². The van der Waals surface area contributed by atoms with Crippen molar-refractivity contribution in [2.45, 2.75) is 12.4 Å². The van der Waals surface area contributed by atoms with Gasteiger partial charge in [0, 0.05) is 27.1 Å². The van der Waals surface area contributed by atoms with Gasteiger partial charge in [-0.3, -0.25) is 0 Å². The van der Waals surface area contributed by atoms with E-state index < -0.39 is 29.0 Å². The van der Waals surface area contributed by atoms with Crippen LogP contribution in [0.2, 0.25) is 0 Å². The van der Waals surface area contributed by atoms with E-state index in [9.17, 15) is 42.1 Å². The number of rotatable bonds is 5. The summed E-state index contributed by atoms with van der Waals surface area (Å²) in [6.07, 6.45) is -10.2. The number of hydrogen-bond acceptors (Lipinski definition) is 3. The van der Waals surface area contributed by atoms with Crippen LogP contribution in [0.1, 0.15) is 27.8 Å². The third-order valence-electron chi connectivity index (χ3n) is 11.6. The molecule has 0 aliphatic carbocycles. The third kappa shape index (κ3) is 6.57. The van der Waals surface area contributed by atoms with Crippen molar-refractivity contribution in [2.24, 2.45) is 0 Å². The quantitative estimate of drug-likeness (QED) is 0.162. The predicted molar refractivity (Wildman–Crippen MR) is 236 cm³/mol. The number of hydrogen-bond donors (Lipinski definition) is 0. The number of para-hydroxylation sites is 2. The Balaban J connectivity index is 1.32. The van der Waals surface area contributed by atoms with Gasteiger partial charge in [0.25, 0.3) is 0 Å². The Morgan fingerprint density at radius 2 is 0.797 bits per heavy atom. The number of fused-ring (bicyclic) bond motifs is 6. The fourth-order valence-corrected chi connectivity index (χ4v) is 8.74. The van der Waals surface area contributed by atoms with Crippen molar-refractivity contribution >= 4 is 43.6 Å². The third-order valence-corrected chi connectivity index (χ3v) is 11.6. The smallest absolute Gasteiger partial charge is 0.307 e. The zero-order chi connectivity index (χ0) is 44.5. The second-order valence-corrected chi connectivity index (χ2v) is 15.3. The Morgan fingerprint density at radius 3 is 1.25 bits per heavy atom. The number of halogens is 6. The Bertz CT molecular complexity index is 3670. The molecule has 0 amide bonds. The van der Waals surface area contributed by atoms with Crippen LogP contribution in [0.4, 0.5) is 26.3 Å². The lowest BCUT2D eigenvalue weighted by Crippen LogP contribution is -2.11. The van der Waals surface area contributed by atoms with Gasteiger partial charge < -0.3 is 9.13 Å². The van der Waals surface area contributed by atoms with E-state index in [1.54, 1.807) is 36.4 Å². The lowest BCUT2D eigenvalue weighted by Gasteiger charge is -2.20. The Hall–Kier alpha value is -8.59. The highest BCUT2D eigenvalue weighted by Crippen LogP contribution is 2.44. The van der Waals surface area contributed by atoms with Crippen molar-refractivity contribution in [1.82, 2.24) is 9.13 Å². The first-order valence-corrected chi connectivity index (χ1v) is 19.8. The zero-order valence-electron chi connectivity index (χ0n) is 33.1. The maximum atomic E-state index is 14.3. The number of benzene rings is 8. The number of aromatic nitrogens is 2. The standard InChI is InChI=1S/C53H27F6N5/c54-52(55,56)39-21-37(22-40(26-39)53(57,58)59)43-27-51(64-47-14-4-2-12-42(47)45-24-36(16-18-49(45)64)34-10-6-8-32(20-34)29-61)50(25-38(43)30-62)63-46-13-3-1-11-41(46)44-23-35(15-17-48(44)63)33-9-5-7-31(19-33)28-60/h1-27H. The molecule has 11 heteroatoms. The summed E-state index contributed by atoms with van der Waals surface area (Å²) in [4.78, 5) is 0. The molecule has 0 aliphatic heterocycles. The van der Waals surface area contributed by atoms with Crippen LogP contribution < -0.4 is 0 Å². The molecule has 5 nitrogen and oxygen atoms in total. The molecule has 2 aromatic heterocycles. The van der Waals surface area contributed by atoms with E-state index in [2.05, 4.69) is 18.2 Å². The summed E-state index contributed by atoms with van der Waals surface area (Å²) in [6.45, 7) is 0. The lowest BCUT2D eigenvalue weighted by atomic mass is 9.94. The molecule has 0 saturated heterocycles. The number of nitriles is 3. The summed E-state index contributed by atoms with van der Waals surface area (Å²) in [7, 11) is 0. The normalized spacial score (nSPS) is 11.9. The fraction of sp³-hybridized carbons (Fsp3) is 0.0377. The molecule has 0 aliphatic rings. The zero-order valence-corrected chi connectivity index (χ0v) is 33.1. The first-order chi connectivity index (χ1) is 30.8. The Kier molecular flexibility index (Phi) is 9.14. The second-order valence-electron chi connectivity index (χ2n) is 15.3. The molecule has 2 heterocycles. The van der Waals surface area contributed by atoms with Crippen LogP contribution in [0, 0.1) is 34.0 Å². The van der Waals surface area contributed by atoms with Gasteiger partial charge in [0.15, 0.2) is 0 Å². The van der Waals surface area contributed by atoms with E-state index in [-0.39, 0.29) is 17.2 Å². The van der Waals surface area contributed by atoms with Gasteiger partial charge in [-0.2, -0.15) is 42.1 Å². The molecule has 0 atom stereocenters.